The molecule has 2 aromatic carbocycles. The van der Waals surface area contributed by atoms with Crippen LogP contribution in [0.15, 0.2) is 65.7 Å². The van der Waals surface area contributed by atoms with Crippen LogP contribution >= 0.6 is 24.8 Å². The van der Waals surface area contributed by atoms with E-state index in [0.29, 0.717) is 0 Å². The molecular weight excluding hydrogens is 379 g/mol. The van der Waals surface area contributed by atoms with Crippen LogP contribution in [0.1, 0.15) is 5.56 Å². The molecule has 0 aliphatic heterocycles. The van der Waals surface area contributed by atoms with E-state index in [-0.39, 0.29) is 24.8 Å². The maximum absolute atomic E-state index is 5.00. The summed E-state index contributed by atoms with van der Waals surface area (Å²) in [5.74, 6) is 1.93. The summed E-state index contributed by atoms with van der Waals surface area (Å²) in [4.78, 5) is 13.8. The highest BCUT2D eigenvalue weighted by Crippen LogP contribution is 2.29. The monoisotopic (exact) mass is 404 g/mol. The van der Waals surface area contributed by atoms with E-state index in [1.165, 1.54) is 5.56 Å². The van der Waals surface area contributed by atoms with Crippen molar-refractivity contribution in [3.8, 4) is 0 Å². The van der Waals surface area contributed by atoms with Crippen LogP contribution in [0.3, 0.4) is 0 Å². The minimum atomic E-state index is 0. The molecule has 0 amide bonds. The maximum atomic E-state index is 5.00. The normalized spacial score (nSPS) is 10.7. The molecule has 1 aromatic heterocycles. The van der Waals surface area contributed by atoms with Crippen molar-refractivity contribution >= 4 is 53.1 Å². The predicted octanol–water partition coefficient (Wildman–Crippen LogP) is 4.98. The standard InChI is InChI=1S/C21H24N4.2ClH/c1-24(2)20(14-16-10-6-5-7-11-16)23-19-15-21(25(3)4)22-18-13-9-8-12-17(18)19;;/h5-13,15H,14H2,1-4H3;2*1H. The molecular formula is C21H26Cl2N4. The van der Waals surface area contributed by atoms with E-state index in [1.54, 1.807) is 0 Å². The van der Waals surface area contributed by atoms with Crippen LogP contribution in [0.25, 0.3) is 10.9 Å². The summed E-state index contributed by atoms with van der Waals surface area (Å²) in [7, 11) is 8.08. The average molecular weight is 405 g/mol. The highest BCUT2D eigenvalue weighted by atomic mass is 35.5. The Kier molecular flexibility index (Phi) is 8.54. The molecule has 0 spiro atoms. The summed E-state index contributed by atoms with van der Waals surface area (Å²) in [6.07, 6.45) is 0.793. The highest BCUT2D eigenvalue weighted by Gasteiger charge is 2.10. The van der Waals surface area contributed by atoms with Crippen LogP contribution in [0.4, 0.5) is 11.5 Å². The van der Waals surface area contributed by atoms with Gasteiger partial charge in [-0.15, -0.1) is 24.8 Å². The largest absolute Gasteiger partial charge is 0.366 e. The van der Waals surface area contributed by atoms with Crippen LogP contribution in [0.5, 0.6) is 0 Å². The Morgan fingerprint density at radius 3 is 2.15 bits per heavy atom. The van der Waals surface area contributed by atoms with Gasteiger partial charge in [-0.1, -0.05) is 48.5 Å². The summed E-state index contributed by atoms with van der Waals surface area (Å²) in [5.41, 5.74) is 3.17. The molecule has 3 rings (SSSR count). The zero-order chi connectivity index (χ0) is 17.8. The van der Waals surface area contributed by atoms with E-state index < -0.39 is 0 Å². The van der Waals surface area contributed by atoms with Crippen LogP contribution in [0.2, 0.25) is 0 Å². The second kappa shape index (κ2) is 10.1. The zero-order valence-corrected chi connectivity index (χ0v) is 17.7. The number of hydrogen-bond donors (Lipinski definition) is 0. The lowest BCUT2D eigenvalue weighted by Gasteiger charge is -2.18. The van der Waals surface area contributed by atoms with Crippen molar-refractivity contribution in [2.75, 3.05) is 33.1 Å². The van der Waals surface area contributed by atoms with Gasteiger partial charge in [0.15, 0.2) is 0 Å². The SMILES string of the molecule is CN(C)C(Cc1ccccc1)=Nc1cc(N(C)C)nc2ccccc12.Cl.Cl. The first-order valence-electron chi connectivity index (χ1n) is 8.40. The molecule has 0 unspecified atom stereocenters. The third-order valence-electron chi connectivity index (χ3n) is 4.11. The van der Waals surface area contributed by atoms with Gasteiger partial charge in [0.25, 0.3) is 0 Å². The van der Waals surface area contributed by atoms with Crippen molar-refractivity contribution in [1.82, 2.24) is 9.88 Å². The Balaban J connectivity index is 0.00000182. The highest BCUT2D eigenvalue weighted by molar-refractivity contribution is 5.96. The molecule has 27 heavy (non-hydrogen) atoms. The van der Waals surface area contributed by atoms with E-state index in [1.807, 2.05) is 57.4 Å². The number of anilines is 1. The second-order valence-electron chi connectivity index (χ2n) is 6.50. The Hall–Kier alpha value is -2.30. The molecule has 0 saturated heterocycles. The summed E-state index contributed by atoms with van der Waals surface area (Å²) in [6, 6.07) is 20.6. The fourth-order valence-electron chi connectivity index (χ4n) is 2.68. The fourth-order valence-corrected chi connectivity index (χ4v) is 2.68. The molecule has 0 fully saturated rings. The second-order valence-corrected chi connectivity index (χ2v) is 6.50. The van der Waals surface area contributed by atoms with Gasteiger partial charge >= 0.3 is 0 Å². The van der Waals surface area contributed by atoms with Gasteiger partial charge in [-0.3, -0.25) is 0 Å². The number of benzene rings is 2. The topological polar surface area (TPSA) is 31.7 Å². The molecule has 3 aromatic rings. The molecule has 0 saturated carbocycles. The maximum Gasteiger partial charge on any atom is 0.130 e. The third-order valence-corrected chi connectivity index (χ3v) is 4.11. The molecule has 0 aliphatic carbocycles. The summed E-state index contributed by atoms with van der Waals surface area (Å²) in [5, 5.41) is 1.07. The number of nitrogens with zero attached hydrogens (tertiary/aromatic N) is 4. The number of aromatic nitrogens is 1. The van der Waals surface area contributed by atoms with Gasteiger partial charge in [0.1, 0.15) is 11.7 Å². The Labute approximate surface area is 173 Å². The van der Waals surface area contributed by atoms with Gasteiger partial charge in [0, 0.05) is 46.1 Å². The number of aliphatic imine (C=N–C) groups is 1. The van der Waals surface area contributed by atoms with E-state index in [2.05, 4.69) is 41.3 Å². The van der Waals surface area contributed by atoms with E-state index >= 15 is 0 Å². The van der Waals surface area contributed by atoms with Crippen molar-refractivity contribution < 1.29 is 0 Å². The molecule has 0 radical (unpaired) electrons. The van der Waals surface area contributed by atoms with E-state index in [9.17, 15) is 0 Å². The number of amidine groups is 1. The van der Waals surface area contributed by atoms with Crippen LogP contribution in [0, 0.1) is 0 Å². The molecule has 1 heterocycles. The molecule has 0 aliphatic rings. The number of pyridine rings is 1. The number of rotatable bonds is 4. The van der Waals surface area contributed by atoms with E-state index in [0.717, 1.165) is 34.7 Å². The first kappa shape index (κ1) is 22.7. The van der Waals surface area contributed by atoms with Gasteiger partial charge in [-0.2, -0.15) is 0 Å². The Morgan fingerprint density at radius 1 is 0.889 bits per heavy atom. The lowest BCUT2D eigenvalue weighted by molar-refractivity contribution is 0.610. The van der Waals surface area contributed by atoms with E-state index in [4.69, 9.17) is 9.98 Å². The smallest absolute Gasteiger partial charge is 0.130 e. The quantitative estimate of drug-likeness (QED) is 0.453. The first-order chi connectivity index (χ1) is 12.0. The Bertz CT molecular complexity index is 893. The predicted molar refractivity (Wildman–Crippen MR) is 121 cm³/mol. The van der Waals surface area contributed by atoms with Crippen molar-refractivity contribution in [3.63, 3.8) is 0 Å². The Morgan fingerprint density at radius 2 is 1.52 bits per heavy atom. The summed E-state index contributed by atoms with van der Waals surface area (Å²) < 4.78 is 0. The zero-order valence-electron chi connectivity index (χ0n) is 16.1. The lowest BCUT2D eigenvalue weighted by atomic mass is 10.1. The minimum absolute atomic E-state index is 0. The van der Waals surface area contributed by atoms with Gasteiger partial charge in [-0.05, 0) is 11.6 Å². The molecule has 144 valence electrons. The van der Waals surface area contributed by atoms with Crippen molar-refractivity contribution in [1.29, 1.82) is 0 Å². The fraction of sp³-hybridized carbons (Fsp3) is 0.238. The van der Waals surface area contributed by atoms with Crippen LogP contribution in [-0.4, -0.2) is 43.9 Å². The number of halogens is 2. The molecule has 0 bridgehead atoms. The molecule has 0 atom stereocenters. The van der Waals surface area contributed by atoms with Crippen molar-refractivity contribution in [2.45, 2.75) is 6.42 Å². The summed E-state index contributed by atoms with van der Waals surface area (Å²) in [6.45, 7) is 0. The third kappa shape index (κ3) is 5.59. The minimum Gasteiger partial charge on any atom is -0.366 e. The number of hydrogen-bond acceptors (Lipinski definition) is 3. The number of likely N-dealkylation sites (N-methyl/N-ethyl adjacent to an activating group) is 1. The summed E-state index contributed by atoms with van der Waals surface area (Å²) >= 11 is 0. The lowest BCUT2D eigenvalue weighted by Crippen LogP contribution is -2.24. The van der Waals surface area contributed by atoms with Crippen molar-refractivity contribution in [3.05, 3.63) is 66.2 Å². The molecule has 4 nitrogen and oxygen atoms in total. The van der Waals surface area contributed by atoms with Gasteiger partial charge in [0.05, 0.1) is 11.2 Å². The first-order valence-corrected chi connectivity index (χ1v) is 8.40. The van der Waals surface area contributed by atoms with Gasteiger partial charge in [0.2, 0.25) is 0 Å². The molecule has 6 heteroatoms. The number of para-hydroxylation sites is 1. The van der Waals surface area contributed by atoms with Gasteiger partial charge in [-0.25, -0.2) is 9.98 Å². The van der Waals surface area contributed by atoms with Crippen LogP contribution in [-0.2, 0) is 6.42 Å². The van der Waals surface area contributed by atoms with Gasteiger partial charge < -0.3 is 9.80 Å². The number of fused-ring (bicyclic) bond motifs is 1. The van der Waals surface area contributed by atoms with Crippen LogP contribution < -0.4 is 4.90 Å². The molecule has 0 N–H and O–H groups in total. The van der Waals surface area contributed by atoms with Crippen molar-refractivity contribution in [2.24, 2.45) is 4.99 Å². The average Bonchev–Trinajstić information content (AvgIpc) is 2.61.